The van der Waals surface area contributed by atoms with Gasteiger partial charge in [0, 0.05) is 6.54 Å². The van der Waals surface area contributed by atoms with Crippen LogP contribution in [-0.2, 0) is 0 Å². The zero-order chi connectivity index (χ0) is 16.0. The average Bonchev–Trinajstić information content (AvgIpc) is 2.41. The third kappa shape index (κ3) is 13.4. The molecule has 0 aromatic carbocycles. The van der Waals surface area contributed by atoms with Crippen molar-refractivity contribution in [2.24, 2.45) is 11.3 Å². The van der Waals surface area contributed by atoms with Gasteiger partial charge in [0.2, 0.25) is 0 Å². The van der Waals surface area contributed by atoms with Crippen LogP contribution in [0, 0.1) is 11.3 Å². The first-order chi connectivity index (χ1) is 10.0. The van der Waals surface area contributed by atoms with Crippen molar-refractivity contribution in [2.75, 3.05) is 13.1 Å². The first-order valence-electron chi connectivity index (χ1n) is 9.74. The summed E-state index contributed by atoms with van der Waals surface area (Å²) in [6.07, 6.45) is 15.5. The molecule has 1 N–H and O–H groups in total. The van der Waals surface area contributed by atoms with Gasteiger partial charge in [-0.3, -0.25) is 0 Å². The van der Waals surface area contributed by atoms with Gasteiger partial charge in [-0.05, 0) is 30.7 Å². The molecule has 0 aromatic rings. The quantitative estimate of drug-likeness (QED) is 0.337. The minimum atomic E-state index is 0.520. The predicted octanol–water partition coefficient (Wildman–Crippen LogP) is 6.57. The van der Waals surface area contributed by atoms with E-state index in [4.69, 9.17) is 0 Å². The molecule has 0 amide bonds. The second-order valence-electron chi connectivity index (χ2n) is 7.81. The molecule has 0 aliphatic heterocycles. The van der Waals surface area contributed by atoms with E-state index in [9.17, 15) is 0 Å². The average molecular weight is 298 g/mol. The summed E-state index contributed by atoms with van der Waals surface area (Å²) in [5.41, 5.74) is 0.520. The molecule has 0 aromatic heterocycles. The first-order valence-corrected chi connectivity index (χ1v) is 9.74. The number of unbranched alkanes of at least 4 members (excludes halogenated alkanes) is 7. The van der Waals surface area contributed by atoms with E-state index in [1.807, 2.05) is 0 Å². The zero-order valence-corrected chi connectivity index (χ0v) is 15.8. The van der Waals surface area contributed by atoms with Crippen LogP contribution in [-0.4, -0.2) is 13.1 Å². The van der Waals surface area contributed by atoms with Crippen LogP contribution in [0.15, 0.2) is 0 Å². The Balaban J connectivity index is 3.71. The van der Waals surface area contributed by atoms with Gasteiger partial charge in [-0.25, -0.2) is 0 Å². The summed E-state index contributed by atoms with van der Waals surface area (Å²) in [5.74, 6) is 0.763. The summed E-state index contributed by atoms with van der Waals surface area (Å²) in [6, 6.07) is 0. The van der Waals surface area contributed by atoms with Gasteiger partial charge in [-0.1, -0.05) is 92.4 Å². The van der Waals surface area contributed by atoms with Crippen LogP contribution in [0.3, 0.4) is 0 Å². The van der Waals surface area contributed by atoms with Crippen molar-refractivity contribution in [3.8, 4) is 0 Å². The summed E-state index contributed by atoms with van der Waals surface area (Å²) >= 11 is 0. The molecule has 0 fully saturated rings. The monoisotopic (exact) mass is 297 g/mol. The van der Waals surface area contributed by atoms with Gasteiger partial charge in [0.15, 0.2) is 0 Å². The zero-order valence-electron chi connectivity index (χ0n) is 15.8. The lowest BCUT2D eigenvalue weighted by molar-refractivity contribution is 0.243. The van der Waals surface area contributed by atoms with Gasteiger partial charge in [0.05, 0.1) is 0 Å². The molecule has 0 radical (unpaired) electrons. The molecule has 0 aliphatic carbocycles. The topological polar surface area (TPSA) is 12.0 Å². The highest BCUT2D eigenvalue weighted by atomic mass is 14.9. The first kappa shape index (κ1) is 21.0. The summed E-state index contributed by atoms with van der Waals surface area (Å²) in [6.45, 7) is 14.1. The molecule has 1 atom stereocenters. The van der Waals surface area contributed by atoms with Gasteiger partial charge < -0.3 is 5.32 Å². The standard InChI is InChI=1S/C20H43N/c1-6-8-9-10-11-12-13-14-16-20(5,15-7-2)18-21-17-19(3)4/h19,21H,6-18H2,1-5H3. The molecular weight excluding hydrogens is 254 g/mol. The summed E-state index contributed by atoms with van der Waals surface area (Å²) in [5, 5.41) is 3.69. The van der Waals surface area contributed by atoms with Crippen molar-refractivity contribution in [1.29, 1.82) is 0 Å². The normalized spacial score (nSPS) is 14.6. The summed E-state index contributed by atoms with van der Waals surface area (Å²) in [4.78, 5) is 0. The smallest absolute Gasteiger partial charge is 0.000527 e. The van der Waals surface area contributed by atoms with Crippen LogP contribution in [0.4, 0.5) is 0 Å². The van der Waals surface area contributed by atoms with Crippen LogP contribution in [0.25, 0.3) is 0 Å². The highest BCUT2D eigenvalue weighted by Gasteiger charge is 2.22. The van der Waals surface area contributed by atoms with Crippen LogP contribution in [0.5, 0.6) is 0 Å². The van der Waals surface area contributed by atoms with Gasteiger partial charge in [-0.2, -0.15) is 0 Å². The SMILES string of the molecule is CCCCCCCCCCC(C)(CCC)CNCC(C)C. The number of nitrogens with one attached hydrogen (secondary N) is 1. The van der Waals surface area contributed by atoms with Gasteiger partial charge in [0.1, 0.15) is 0 Å². The minimum absolute atomic E-state index is 0.520. The van der Waals surface area contributed by atoms with E-state index >= 15 is 0 Å². The van der Waals surface area contributed by atoms with Crippen molar-refractivity contribution >= 4 is 0 Å². The van der Waals surface area contributed by atoms with Crippen molar-refractivity contribution in [3.05, 3.63) is 0 Å². The molecule has 1 heteroatoms. The molecular formula is C20H43N. The molecule has 0 saturated carbocycles. The Kier molecular flexibility index (Phi) is 13.6. The Morgan fingerprint density at radius 3 is 1.86 bits per heavy atom. The molecule has 1 nitrogen and oxygen atoms in total. The Morgan fingerprint density at radius 1 is 0.762 bits per heavy atom. The molecule has 0 rings (SSSR count). The van der Waals surface area contributed by atoms with E-state index in [-0.39, 0.29) is 0 Å². The Bertz CT molecular complexity index is 212. The summed E-state index contributed by atoms with van der Waals surface area (Å²) in [7, 11) is 0. The predicted molar refractivity (Wildman–Crippen MR) is 97.9 cm³/mol. The van der Waals surface area contributed by atoms with E-state index in [0.717, 1.165) is 12.5 Å². The molecule has 21 heavy (non-hydrogen) atoms. The maximum Gasteiger partial charge on any atom is 0.000527 e. The third-order valence-corrected chi connectivity index (χ3v) is 4.59. The van der Waals surface area contributed by atoms with E-state index in [0.29, 0.717) is 5.41 Å². The second kappa shape index (κ2) is 13.6. The lowest BCUT2D eigenvalue weighted by atomic mass is 9.80. The van der Waals surface area contributed by atoms with Crippen LogP contribution in [0.2, 0.25) is 0 Å². The van der Waals surface area contributed by atoms with Gasteiger partial charge in [0.25, 0.3) is 0 Å². The van der Waals surface area contributed by atoms with E-state index in [1.54, 1.807) is 0 Å². The molecule has 0 spiro atoms. The molecule has 1 unspecified atom stereocenters. The Morgan fingerprint density at radius 2 is 1.33 bits per heavy atom. The fraction of sp³-hybridized carbons (Fsp3) is 1.00. The largest absolute Gasteiger partial charge is 0.316 e. The molecule has 0 bridgehead atoms. The minimum Gasteiger partial charge on any atom is -0.316 e. The van der Waals surface area contributed by atoms with Gasteiger partial charge in [-0.15, -0.1) is 0 Å². The lowest BCUT2D eigenvalue weighted by Gasteiger charge is -2.30. The summed E-state index contributed by atoms with van der Waals surface area (Å²) < 4.78 is 0. The fourth-order valence-electron chi connectivity index (χ4n) is 3.25. The highest BCUT2D eigenvalue weighted by molar-refractivity contribution is 4.77. The van der Waals surface area contributed by atoms with Crippen LogP contribution >= 0.6 is 0 Å². The molecule has 0 saturated heterocycles. The maximum absolute atomic E-state index is 3.69. The van der Waals surface area contributed by atoms with Crippen molar-refractivity contribution < 1.29 is 0 Å². The Hall–Kier alpha value is -0.0400. The van der Waals surface area contributed by atoms with Crippen molar-refractivity contribution in [2.45, 2.75) is 105 Å². The molecule has 0 aliphatic rings. The van der Waals surface area contributed by atoms with Crippen molar-refractivity contribution in [3.63, 3.8) is 0 Å². The number of hydrogen-bond donors (Lipinski definition) is 1. The van der Waals surface area contributed by atoms with E-state index in [1.165, 1.54) is 77.2 Å². The number of rotatable bonds is 15. The third-order valence-electron chi connectivity index (χ3n) is 4.59. The van der Waals surface area contributed by atoms with Crippen LogP contribution in [0.1, 0.15) is 105 Å². The molecule has 128 valence electrons. The second-order valence-corrected chi connectivity index (χ2v) is 7.81. The van der Waals surface area contributed by atoms with E-state index < -0.39 is 0 Å². The van der Waals surface area contributed by atoms with Crippen molar-refractivity contribution in [1.82, 2.24) is 5.32 Å². The number of hydrogen-bond acceptors (Lipinski definition) is 1. The fourth-order valence-corrected chi connectivity index (χ4v) is 3.25. The van der Waals surface area contributed by atoms with Crippen LogP contribution < -0.4 is 5.32 Å². The Labute approximate surface area is 135 Å². The van der Waals surface area contributed by atoms with E-state index in [2.05, 4.69) is 39.9 Å². The van der Waals surface area contributed by atoms with Gasteiger partial charge >= 0.3 is 0 Å². The molecule has 0 heterocycles. The highest BCUT2D eigenvalue weighted by Crippen LogP contribution is 2.29. The maximum atomic E-state index is 3.69. The lowest BCUT2D eigenvalue weighted by Crippen LogP contribution is -2.33.